The summed E-state index contributed by atoms with van der Waals surface area (Å²) in [6.07, 6.45) is 0.0703. The van der Waals surface area contributed by atoms with Crippen LogP contribution in [0.15, 0.2) is 30.8 Å². The molecule has 0 amide bonds. The van der Waals surface area contributed by atoms with E-state index in [1.54, 1.807) is 0 Å². The number of benzene rings is 1. The van der Waals surface area contributed by atoms with E-state index in [-0.39, 0.29) is 16.7 Å². The van der Waals surface area contributed by atoms with E-state index in [0.29, 0.717) is 6.42 Å². The van der Waals surface area contributed by atoms with Crippen molar-refractivity contribution in [2.75, 3.05) is 0 Å². The molecule has 2 atom stereocenters. The fourth-order valence-corrected chi connectivity index (χ4v) is 4.84. The number of rotatable bonds is 4. The van der Waals surface area contributed by atoms with Gasteiger partial charge in [-0.05, 0) is 53.2 Å². The largest absolute Gasteiger partial charge is 0.388 e. The molecule has 1 aliphatic carbocycles. The summed E-state index contributed by atoms with van der Waals surface area (Å²) in [7, 11) is 0. The Morgan fingerprint density at radius 1 is 1.16 bits per heavy atom. The van der Waals surface area contributed by atoms with Gasteiger partial charge in [0.1, 0.15) is 6.10 Å². The maximum absolute atomic E-state index is 11.6. The molecule has 31 heavy (non-hydrogen) atoms. The number of hydrogen-bond acceptors (Lipinski definition) is 3. The Balaban J connectivity index is 2.24. The molecule has 0 fully saturated rings. The van der Waals surface area contributed by atoms with Crippen LogP contribution in [-0.4, -0.2) is 15.2 Å². The lowest BCUT2D eigenvalue weighted by atomic mass is 9.71. The second-order valence-electron chi connectivity index (χ2n) is 11.4. The van der Waals surface area contributed by atoms with Crippen molar-refractivity contribution in [3.63, 3.8) is 0 Å². The Labute approximate surface area is 188 Å². The molecule has 0 saturated carbocycles. The van der Waals surface area contributed by atoms with Crippen LogP contribution < -0.4 is 0 Å². The van der Waals surface area contributed by atoms with Crippen molar-refractivity contribution in [3.8, 4) is 0 Å². The summed E-state index contributed by atoms with van der Waals surface area (Å²) in [6.45, 7) is 21.3. The summed E-state index contributed by atoms with van der Waals surface area (Å²) < 4.78 is 0. The van der Waals surface area contributed by atoms with Gasteiger partial charge in [0.2, 0.25) is 0 Å². The maximum atomic E-state index is 11.6. The first-order chi connectivity index (χ1) is 14.2. The van der Waals surface area contributed by atoms with Crippen LogP contribution in [0.4, 0.5) is 0 Å². The lowest BCUT2D eigenvalue weighted by molar-refractivity contribution is 0.0972. The Hall–Kier alpha value is -1.97. The van der Waals surface area contributed by atoms with E-state index in [9.17, 15) is 10.2 Å². The summed E-state index contributed by atoms with van der Waals surface area (Å²) in [6, 6.07) is 8.21. The number of aromatic nitrogens is 1. The molecular weight excluding hydrogens is 382 g/mol. The van der Waals surface area contributed by atoms with E-state index in [2.05, 4.69) is 67.2 Å². The third-order valence-corrected chi connectivity index (χ3v) is 6.45. The standard InChI is InChI=1S/C28H39NO2/c1-16(2)22-23-20(14-28(8,9)15-21(23)30)29-25(17(3)4)24(22)26(31)18-10-12-19(13-11-18)27(5,6)7/h10-13,17,21,26,30-31H,1,14-15H2,2-9H3/t21?,26-/m1/s1. The molecule has 0 bridgehead atoms. The third-order valence-electron chi connectivity index (χ3n) is 6.45. The van der Waals surface area contributed by atoms with Gasteiger partial charge in [-0.1, -0.05) is 84.9 Å². The van der Waals surface area contributed by atoms with Gasteiger partial charge in [0.05, 0.1) is 6.10 Å². The second-order valence-corrected chi connectivity index (χ2v) is 11.4. The van der Waals surface area contributed by atoms with Gasteiger partial charge in [-0.15, -0.1) is 0 Å². The molecule has 3 rings (SSSR count). The van der Waals surface area contributed by atoms with Gasteiger partial charge in [0.25, 0.3) is 0 Å². The molecule has 0 radical (unpaired) electrons. The van der Waals surface area contributed by atoms with Crippen LogP contribution >= 0.6 is 0 Å². The molecular formula is C28H39NO2. The summed E-state index contributed by atoms with van der Waals surface area (Å²) in [5.74, 6) is 0.143. The molecule has 0 aliphatic heterocycles. The van der Waals surface area contributed by atoms with Gasteiger partial charge >= 0.3 is 0 Å². The average molecular weight is 422 g/mol. The molecule has 168 valence electrons. The molecule has 1 aromatic carbocycles. The SMILES string of the molecule is C=C(C)c1c2c(nc(C(C)C)c1[C@H](O)c1ccc(C(C)(C)C)cc1)CC(C)(C)CC2O. The predicted octanol–water partition coefficient (Wildman–Crippen LogP) is 6.62. The summed E-state index contributed by atoms with van der Waals surface area (Å²) in [4.78, 5) is 5.04. The zero-order valence-corrected chi connectivity index (χ0v) is 20.5. The molecule has 1 unspecified atom stereocenters. The van der Waals surface area contributed by atoms with E-state index in [1.807, 2.05) is 19.1 Å². The lowest BCUT2D eigenvalue weighted by Crippen LogP contribution is -2.29. The van der Waals surface area contributed by atoms with Crippen LogP contribution in [0.2, 0.25) is 0 Å². The number of pyridine rings is 1. The van der Waals surface area contributed by atoms with Crippen LogP contribution in [0.3, 0.4) is 0 Å². The second kappa shape index (κ2) is 8.18. The first kappa shape index (κ1) is 23.7. The predicted molar refractivity (Wildman–Crippen MR) is 129 cm³/mol. The van der Waals surface area contributed by atoms with E-state index >= 15 is 0 Å². The van der Waals surface area contributed by atoms with E-state index in [4.69, 9.17) is 4.98 Å². The van der Waals surface area contributed by atoms with Crippen LogP contribution in [0.25, 0.3) is 5.57 Å². The molecule has 0 spiro atoms. The van der Waals surface area contributed by atoms with Crippen molar-refractivity contribution in [2.24, 2.45) is 5.41 Å². The maximum Gasteiger partial charge on any atom is 0.106 e. The minimum Gasteiger partial charge on any atom is -0.388 e. The number of hydrogen-bond donors (Lipinski definition) is 2. The first-order valence-corrected chi connectivity index (χ1v) is 11.4. The molecule has 3 nitrogen and oxygen atoms in total. The Morgan fingerprint density at radius 2 is 1.74 bits per heavy atom. The quantitative estimate of drug-likeness (QED) is 0.583. The lowest BCUT2D eigenvalue weighted by Gasteiger charge is -2.37. The molecule has 1 aliphatic rings. The van der Waals surface area contributed by atoms with Crippen LogP contribution in [0.1, 0.15) is 119 Å². The third kappa shape index (κ3) is 4.63. The summed E-state index contributed by atoms with van der Waals surface area (Å²) in [5, 5.41) is 22.7. The van der Waals surface area contributed by atoms with Crippen molar-refractivity contribution < 1.29 is 10.2 Å². The summed E-state index contributed by atoms with van der Waals surface area (Å²) in [5.41, 5.74) is 7.36. The molecule has 1 aromatic heterocycles. The van der Waals surface area contributed by atoms with Crippen molar-refractivity contribution in [1.29, 1.82) is 0 Å². The number of nitrogens with zero attached hydrogens (tertiary/aromatic N) is 1. The van der Waals surface area contributed by atoms with Gasteiger partial charge < -0.3 is 10.2 Å². The molecule has 1 heterocycles. The Morgan fingerprint density at radius 3 is 2.23 bits per heavy atom. The Bertz CT molecular complexity index is 978. The highest BCUT2D eigenvalue weighted by molar-refractivity contribution is 5.71. The zero-order valence-electron chi connectivity index (χ0n) is 20.5. The number of aliphatic hydroxyl groups is 2. The van der Waals surface area contributed by atoms with Crippen LogP contribution in [0, 0.1) is 5.41 Å². The smallest absolute Gasteiger partial charge is 0.106 e. The van der Waals surface area contributed by atoms with Crippen molar-refractivity contribution >= 4 is 5.57 Å². The van der Waals surface area contributed by atoms with Crippen molar-refractivity contribution in [2.45, 2.75) is 91.8 Å². The first-order valence-electron chi connectivity index (χ1n) is 11.4. The molecule has 0 saturated heterocycles. The van der Waals surface area contributed by atoms with E-state index in [0.717, 1.165) is 45.6 Å². The zero-order chi connectivity index (χ0) is 23.3. The average Bonchev–Trinajstić information content (AvgIpc) is 2.64. The van der Waals surface area contributed by atoms with Gasteiger partial charge in [0.15, 0.2) is 0 Å². The van der Waals surface area contributed by atoms with Crippen molar-refractivity contribution in [3.05, 3.63) is 70.0 Å². The van der Waals surface area contributed by atoms with Gasteiger partial charge in [0, 0.05) is 22.5 Å². The highest BCUT2D eigenvalue weighted by Gasteiger charge is 2.37. The van der Waals surface area contributed by atoms with E-state index in [1.165, 1.54) is 5.56 Å². The number of fused-ring (bicyclic) bond motifs is 1. The van der Waals surface area contributed by atoms with Gasteiger partial charge in [-0.25, -0.2) is 0 Å². The fourth-order valence-electron chi connectivity index (χ4n) is 4.84. The monoisotopic (exact) mass is 421 g/mol. The molecule has 3 heteroatoms. The number of aliphatic hydroxyl groups excluding tert-OH is 2. The van der Waals surface area contributed by atoms with E-state index < -0.39 is 12.2 Å². The van der Waals surface area contributed by atoms with Crippen molar-refractivity contribution in [1.82, 2.24) is 4.98 Å². The summed E-state index contributed by atoms with van der Waals surface area (Å²) >= 11 is 0. The molecule has 2 N–H and O–H groups in total. The highest BCUT2D eigenvalue weighted by Crippen LogP contribution is 2.46. The van der Waals surface area contributed by atoms with Gasteiger partial charge in [-0.2, -0.15) is 0 Å². The topological polar surface area (TPSA) is 53.4 Å². The van der Waals surface area contributed by atoms with Crippen LogP contribution in [-0.2, 0) is 11.8 Å². The normalized spacial score (nSPS) is 19.3. The minimum absolute atomic E-state index is 0.0110. The minimum atomic E-state index is -0.821. The fraction of sp³-hybridized carbons (Fsp3) is 0.536. The number of allylic oxidation sites excluding steroid dienone is 1. The Kier molecular flexibility index (Phi) is 6.25. The molecule has 2 aromatic rings. The van der Waals surface area contributed by atoms with Gasteiger partial charge in [-0.3, -0.25) is 4.98 Å². The highest BCUT2D eigenvalue weighted by atomic mass is 16.3. The van der Waals surface area contributed by atoms with Crippen LogP contribution in [0.5, 0.6) is 0 Å².